The number of azo groups is 1. The summed E-state index contributed by atoms with van der Waals surface area (Å²) >= 11 is 0. The summed E-state index contributed by atoms with van der Waals surface area (Å²) in [5.74, 6) is 1.02. The molecular formula is C44H53N3O5. The molecule has 8 nitrogen and oxygen atoms in total. The van der Waals surface area contributed by atoms with Crippen LogP contribution in [0.5, 0.6) is 11.5 Å². The van der Waals surface area contributed by atoms with Crippen molar-refractivity contribution in [2.45, 2.75) is 103 Å². The third-order valence-electron chi connectivity index (χ3n) is 8.85. The van der Waals surface area contributed by atoms with Crippen LogP contribution >= 0.6 is 0 Å². The van der Waals surface area contributed by atoms with E-state index in [1.807, 2.05) is 48.6 Å². The molecule has 8 heteroatoms. The van der Waals surface area contributed by atoms with E-state index in [0.29, 0.717) is 24.5 Å². The minimum atomic E-state index is -0.408. The Labute approximate surface area is 309 Å². The van der Waals surface area contributed by atoms with E-state index in [1.165, 1.54) is 81.9 Å². The van der Waals surface area contributed by atoms with Crippen LogP contribution in [-0.4, -0.2) is 17.5 Å². The van der Waals surface area contributed by atoms with Crippen molar-refractivity contribution in [2.24, 2.45) is 10.2 Å². The molecule has 0 atom stereocenters. The number of hydrogen-bond acceptors (Lipinski definition) is 7. The van der Waals surface area contributed by atoms with E-state index in [1.54, 1.807) is 36.4 Å². The first-order valence-corrected chi connectivity index (χ1v) is 19.0. The Bertz CT molecular complexity index is 1670. The van der Waals surface area contributed by atoms with Gasteiger partial charge in [0, 0.05) is 18.6 Å². The van der Waals surface area contributed by atoms with Crippen molar-refractivity contribution < 1.29 is 19.2 Å². The van der Waals surface area contributed by atoms with Crippen molar-refractivity contribution in [3.05, 3.63) is 124 Å². The lowest BCUT2D eigenvalue weighted by atomic mass is 10.0. The molecule has 52 heavy (non-hydrogen) atoms. The van der Waals surface area contributed by atoms with Gasteiger partial charge in [0.2, 0.25) is 0 Å². The molecule has 274 valence electrons. The average Bonchev–Trinajstić information content (AvgIpc) is 3.17. The predicted octanol–water partition coefficient (Wildman–Crippen LogP) is 13.2. The Balaban J connectivity index is 1.04. The molecule has 4 rings (SSSR count). The Hall–Kier alpha value is -5.11. The van der Waals surface area contributed by atoms with E-state index in [0.717, 1.165) is 48.2 Å². The molecule has 0 saturated carbocycles. The third kappa shape index (κ3) is 15.8. The maximum Gasteiger partial charge on any atom is 0.311 e. The fraction of sp³-hybridized carbons (Fsp3) is 0.386. The molecule has 0 aliphatic rings. The lowest BCUT2D eigenvalue weighted by Crippen LogP contribution is -2.07. The number of ether oxygens (including phenoxy) is 2. The van der Waals surface area contributed by atoms with Gasteiger partial charge in [-0.15, -0.1) is 0 Å². The smallest absolute Gasteiger partial charge is 0.311 e. The maximum atomic E-state index is 12.3. The molecule has 0 fully saturated rings. The number of aryl methyl sites for hydroxylation is 1. The first-order chi connectivity index (χ1) is 25.5. The van der Waals surface area contributed by atoms with Crippen molar-refractivity contribution >= 4 is 35.2 Å². The van der Waals surface area contributed by atoms with E-state index in [-0.39, 0.29) is 11.7 Å². The molecule has 0 unspecified atom stereocenters. The van der Waals surface area contributed by atoms with Crippen LogP contribution in [0.1, 0.15) is 114 Å². The summed E-state index contributed by atoms with van der Waals surface area (Å²) in [5.41, 5.74) is 4.81. The molecule has 0 N–H and O–H groups in total. The van der Waals surface area contributed by atoms with Crippen molar-refractivity contribution in [1.82, 2.24) is 0 Å². The van der Waals surface area contributed by atoms with Gasteiger partial charge in [-0.3, -0.25) is 14.9 Å². The standard InChI is InChI=1S/C44H53N3O5/c1-2-3-4-5-6-7-8-9-10-12-15-36-19-25-39(26-20-36)45-46-40-27-33-43(34-28-40)52-44(48)16-13-11-14-35-51-42-31-23-38(24-32-42)18-17-37-21-29-41(30-22-37)47(49)50/h17-34H,2-16,35H2,1H3/b18-17+,46-45?. The van der Waals surface area contributed by atoms with Crippen LogP contribution in [0.3, 0.4) is 0 Å². The zero-order valence-electron chi connectivity index (χ0n) is 30.6. The Morgan fingerprint density at radius 2 is 1.12 bits per heavy atom. The van der Waals surface area contributed by atoms with Gasteiger partial charge < -0.3 is 9.47 Å². The number of carbonyl (C=O) groups excluding carboxylic acids is 1. The van der Waals surface area contributed by atoms with Gasteiger partial charge in [-0.2, -0.15) is 10.2 Å². The number of non-ortho nitro benzene ring substituents is 1. The Kier molecular flexibility index (Phi) is 17.8. The maximum absolute atomic E-state index is 12.3. The molecule has 0 aliphatic carbocycles. The van der Waals surface area contributed by atoms with Crippen LogP contribution in [0.15, 0.2) is 107 Å². The molecule has 0 spiro atoms. The van der Waals surface area contributed by atoms with Crippen LogP contribution in [0.25, 0.3) is 12.2 Å². The molecule has 0 aromatic heterocycles. The number of benzene rings is 4. The lowest BCUT2D eigenvalue weighted by molar-refractivity contribution is -0.384. The number of nitrogens with zero attached hydrogens (tertiary/aromatic N) is 3. The monoisotopic (exact) mass is 703 g/mol. The molecule has 0 heterocycles. The largest absolute Gasteiger partial charge is 0.494 e. The quantitative estimate of drug-likeness (QED) is 0.0137. The van der Waals surface area contributed by atoms with Gasteiger partial charge in [0.15, 0.2) is 0 Å². The van der Waals surface area contributed by atoms with E-state index >= 15 is 0 Å². The zero-order chi connectivity index (χ0) is 36.6. The van der Waals surface area contributed by atoms with Crippen LogP contribution in [0.4, 0.5) is 17.1 Å². The van der Waals surface area contributed by atoms with Crippen LogP contribution in [-0.2, 0) is 11.2 Å². The lowest BCUT2D eigenvalue weighted by Gasteiger charge is -2.07. The number of nitro benzene ring substituents is 1. The SMILES string of the molecule is CCCCCCCCCCCCc1ccc(N=Nc2ccc(OC(=O)CCCCCOc3ccc(/C=C/c4ccc([N+](=O)[O-])cc4)cc3)cc2)cc1. The summed E-state index contributed by atoms with van der Waals surface area (Å²) in [6.45, 7) is 2.83. The first kappa shape index (κ1) is 39.7. The first-order valence-electron chi connectivity index (χ1n) is 19.0. The number of unbranched alkanes of at least 4 members (excludes halogenated alkanes) is 11. The zero-order valence-corrected chi connectivity index (χ0v) is 30.6. The van der Waals surface area contributed by atoms with E-state index < -0.39 is 4.92 Å². The van der Waals surface area contributed by atoms with Gasteiger partial charge in [-0.05, 0) is 109 Å². The second-order valence-corrected chi connectivity index (χ2v) is 13.2. The highest BCUT2D eigenvalue weighted by Crippen LogP contribution is 2.23. The van der Waals surface area contributed by atoms with Crippen molar-refractivity contribution in [3.8, 4) is 11.5 Å². The highest BCUT2D eigenvalue weighted by molar-refractivity contribution is 5.72. The summed E-state index contributed by atoms with van der Waals surface area (Å²) in [6, 6.07) is 29.6. The number of esters is 1. The van der Waals surface area contributed by atoms with Crippen LogP contribution in [0.2, 0.25) is 0 Å². The van der Waals surface area contributed by atoms with Crippen molar-refractivity contribution in [2.75, 3.05) is 6.61 Å². The predicted molar refractivity (Wildman–Crippen MR) is 211 cm³/mol. The van der Waals surface area contributed by atoms with Gasteiger partial charge in [-0.25, -0.2) is 0 Å². The van der Waals surface area contributed by atoms with Gasteiger partial charge in [-0.1, -0.05) is 101 Å². The topological polar surface area (TPSA) is 103 Å². The number of carbonyl (C=O) groups is 1. The molecule has 0 amide bonds. The highest BCUT2D eigenvalue weighted by atomic mass is 16.6. The Morgan fingerprint density at radius 3 is 1.69 bits per heavy atom. The second kappa shape index (κ2) is 23.4. The molecule has 4 aromatic rings. The van der Waals surface area contributed by atoms with Gasteiger partial charge in [0.05, 0.1) is 22.9 Å². The number of hydrogen-bond donors (Lipinski definition) is 0. The second-order valence-electron chi connectivity index (χ2n) is 13.2. The minimum Gasteiger partial charge on any atom is -0.494 e. The fourth-order valence-corrected chi connectivity index (χ4v) is 5.74. The van der Waals surface area contributed by atoms with Gasteiger partial charge in [0.1, 0.15) is 11.5 Å². The van der Waals surface area contributed by atoms with E-state index in [2.05, 4.69) is 29.3 Å². The van der Waals surface area contributed by atoms with Crippen LogP contribution < -0.4 is 9.47 Å². The van der Waals surface area contributed by atoms with Gasteiger partial charge >= 0.3 is 5.97 Å². The fourth-order valence-electron chi connectivity index (χ4n) is 5.74. The van der Waals surface area contributed by atoms with Crippen molar-refractivity contribution in [3.63, 3.8) is 0 Å². The molecule has 0 aliphatic heterocycles. The molecule has 0 bridgehead atoms. The van der Waals surface area contributed by atoms with Crippen LogP contribution in [0, 0.1) is 10.1 Å². The van der Waals surface area contributed by atoms with Gasteiger partial charge in [0.25, 0.3) is 5.69 Å². The number of nitro groups is 1. The van der Waals surface area contributed by atoms with Crippen molar-refractivity contribution in [1.29, 1.82) is 0 Å². The van der Waals surface area contributed by atoms with E-state index in [9.17, 15) is 14.9 Å². The normalized spacial score (nSPS) is 11.3. The number of rotatable bonds is 24. The van der Waals surface area contributed by atoms with E-state index in [4.69, 9.17) is 9.47 Å². The molecule has 4 aromatic carbocycles. The average molecular weight is 704 g/mol. The summed E-state index contributed by atoms with van der Waals surface area (Å²) in [6.07, 6.45) is 21.2. The highest BCUT2D eigenvalue weighted by Gasteiger charge is 2.06. The summed E-state index contributed by atoms with van der Waals surface area (Å²) in [7, 11) is 0. The summed E-state index contributed by atoms with van der Waals surface area (Å²) < 4.78 is 11.3. The third-order valence-corrected chi connectivity index (χ3v) is 8.85. The summed E-state index contributed by atoms with van der Waals surface area (Å²) in [5, 5.41) is 19.5. The molecule has 0 saturated heterocycles. The Morgan fingerprint density at radius 1 is 0.615 bits per heavy atom. The minimum absolute atomic E-state index is 0.0748. The summed E-state index contributed by atoms with van der Waals surface area (Å²) in [4.78, 5) is 22.7. The molecular weight excluding hydrogens is 651 g/mol. The molecule has 0 radical (unpaired) electrons.